The number of amides is 1. The van der Waals surface area contributed by atoms with Crippen molar-refractivity contribution in [3.05, 3.63) is 28.7 Å². The Labute approximate surface area is 147 Å². The maximum Gasteiger partial charge on any atom is 0.343 e. The molecule has 0 unspecified atom stereocenters. The zero-order valence-corrected chi connectivity index (χ0v) is 14.4. The summed E-state index contributed by atoms with van der Waals surface area (Å²) in [7, 11) is 1.61. The standard InChI is InChI=1S/C15H18N4O5S/c1-22-6-2-5-19-14(21)17-18-15(19)25-8-13(20)16-10-3-4-11-12(7-10)24-9-23-11/h3-4,7H,2,5-6,8-9H2,1H3,(H,16,20)(H,17,21). The van der Waals surface area contributed by atoms with Crippen LogP contribution < -0.4 is 20.5 Å². The van der Waals surface area contributed by atoms with E-state index in [2.05, 4.69) is 15.5 Å². The number of thioether (sulfide) groups is 1. The summed E-state index contributed by atoms with van der Waals surface area (Å²) in [4.78, 5) is 23.9. The first-order valence-corrected chi connectivity index (χ1v) is 8.62. The molecule has 2 N–H and O–H groups in total. The van der Waals surface area contributed by atoms with Crippen LogP contribution >= 0.6 is 11.8 Å². The molecule has 1 aliphatic rings. The number of anilines is 1. The van der Waals surface area contributed by atoms with Crippen LogP contribution in [-0.2, 0) is 16.1 Å². The largest absolute Gasteiger partial charge is 0.454 e. The summed E-state index contributed by atoms with van der Waals surface area (Å²) >= 11 is 1.19. The van der Waals surface area contributed by atoms with Crippen LogP contribution in [0.1, 0.15) is 6.42 Å². The van der Waals surface area contributed by atoms with Crippen molar-refractivity contribution in [3.8, 4) is 11.5 Å². The number of hydrogen-bond donors (Lipinski definition) is 2. The highest BCUT2D eigenvalue weighted by Crippen LogP contribution is 2.34. The smallest absolute Gasteiger partial charge is 0.343 e. The van der Waals surface area contributed by atoms with Crippen molar-refractivity contribution >= 4 is 23.4 Å². The summed E-state index contributed by atoms with van der Waals surface area (Å²) in [6.07, 6.45) is 0.687. The molecule has 0 saturated heterocycles. The van der Waals surface area contributed by atoms with Crippen LogP contribution in [0.15, 0.2) is 28.2 Å². The Hall–Kier alpha value is -2.46. The lowest BCUT2D eigenvalue weighted by Crippen LogP contribution is -2.19. The van der Waals surface area contributed by atoms with Gasteiger partial charge in [0.25, 0.3) is 0 Å². The molecule has 9 nitrogen and oxygen atoms in total. The third-order valence-electron chi connectivity index (χ3n) is 3.44. The minimum Gasteiger partial charge on any atom is -0.454 e. The highest BCUT2D eigenvalue weighted by molar-refractivity contribution is 7.99. The second-order valence-electron chi connectivity index (χ2n) is 5.21. The van der Waals surface area contributed by atoms with Crippen molar-refractivity contribution in [1.82, 2.24) is 14.8 Å². The first-order chi connectivity index (χ1) is 12.2. The highest BCUT2D eigenvalue weighted by Gasteiger charge is 2.15. The molecule has 1 aromatic carbocycles. The van der Waals surface area contributed by atoms with Gasteiger partial charge < -0.3 is 19.5 Å². The normalized spacial score (nSPS) is 12.4. The molecule has 0 aliphatic carbocycles. The molecule has 1 aromatic heterocycles. The quantitative estimate of drug-likeness (QED) is 0.531. The van der Waals surface area contributed by atoms with E-state index in [4.69, 9.17) is 14.2 Å². The van der Waals surface area contributed by atoms with Crippen LogP contribution in [-0.4, -0.2) is 46.9 Å². The third kappa shape index (κ3) is 4.34. The van der Waals surface area contributed by atoms with E-state index in [0.717, 1.165) is 0 Å². The van der Waals surface area contributed by atoms with Crippen LogP contribution in [0.3, 0.4) is 0 Å². The van der Waals surface area contributed by atoms with Gasteiger partial charge in [-0.2, -0.15) is 0 Å². The molecular weight excluding hydrogens is 348 g/mol. The van der Waals surface area contributed by atoms with Crippen molar-refractivity contribution < 1.29 is 19.0 Å². The SMILES string of the molecule is COCCCn1c(SCC(=O)Nc2ccc3c(c2)OCO3)n[nH]c1=O. The number of H-pyrrole nitrogens is 1. The summed E-state index contributed by atoms with van der Waals surface area (Å²) in [5, 5.41) is 9.61. The van der Waals surface area contributed by atoms with Gasteiger partial charge in [-0.3, -0.25) is 9.36 Å². The Kier molecular flexibility index (Phi) is 5.61. The first kappa shape index (κ1) is 17.4. The summed E-state index contributed by atoms with van der Waals surface area (Å²) in [6, 6.07) is 5.19. The molecule has 134 valence electrons. The Morgan fingerprint density at radius 2 is 2.28 bits per heavy atom. The lowest BCUT2D eigenvalue weighted by atomic mass is 10.3. The number of nitrogens with zero attached hydrogens (tertiary/aromatic N) is 2. The number of benzene rings is 1. The number of carbonyl (C=O) groups is 1. The van der Waals surface area contributed by atoms with Crippen LogP contribution in [0, 0.1) is 0 Å². The Balaban J connectivity index is 1.55. The van der Waals surface area contributed by atoms with Crippen molar-refractivity contribution in [2.24, 2.45) is 0 Å². The molecule has 0 bridgehead atoms. The van der Waals surface area contributed by atoms with Crippen LogP contribution in [0.5, 0.6) is 11.5 Å². The van der Waals surface area contributed by atoms with Gasteiger partial charge >= 0.3 is 5.69 Å². The summed E-state index contributed by atoms with van der Waals surface area (Å²) in [5.74, 6) is 1.18. The molecule has 0 radical (unpaired) electrons. The molecule has 2 heterocycles. The Morgan fingerprint density at radius 3 is 3.12 bits per heavy atom. The van der Waals surface area contributed by atoms with Crippen molar-refractivity contribution in [3.63, 3.8) is 0 Å². The molecule has 0 atom stereocenters. The number of hydrogen-bond acceptors (Lipinski definition) is 7. The zero-order valence-electron chi connectivity index (χ0n) is 13.6. The number of aromatic amines is 1. The number of carbonyl (C=O) groups excluding carboxylic acids is 1. The molecule has 1 aliphatic heterocycles. The van der Waals surface area contributed by atoms with E-state index in [1.54, 1.807) is 25.3 Å². The minimum atomic E-state index is -0.296. The molecule has 0 fully saturated rings. The Morgan fingerprint density at radius 1 is 1.44 bits per heavy atom. The fourth-order valence-corrected chi connectivity index (χ4v) is 3.05. The number of fused-ring (bicyclic) bond motifs is 1. The van der Waals surface area contributed by atoms with Crippen LogP contribution in [0.25, 0.3) is 0 Å². The number of rotatable bonds is 8. The van der Waals surface area contributed by atoms with Gasteiger partial charge in [-0.1, -0.05) is 11.8 Å². The van der Waals surface area contributed by atoms with Gasteiger partial charge in [-0.25, -0.2) is 9.89 Å². The number of aromatic nitrogens is 3. The van der Waals surface area contributed by atoms with Crippen molar-refractivity contribution in [2.45, 2.75) is 18.1 Å². The molecule has 1 amide bonds. The van der Waals surface area contributed by atoms with E-state index < -0.39 is 0 Å². The number of methoxy groups -OCH3 is 1. The van der Waals surface area contributed by atoms with E-state index in [9.17, 15) is 9.59 Å². The van der Waals surface area contributed by atoms with Gasteiger partial charge in [-0.15, -0.1) is 5.10 Å². The van der Waals surface area contributed by atoms with Gasteiger partial charge in [0.15, 0.2) is 16.7 Å². The van der Waals surface area contributed by atoms with E-state index in [1.165, 1.54) is 16.3 Å². The third-order valence-corrected chi connectivity index (χ3v) is 4.42. The molecule has 0 spiro atoms. The van der Waals surface area contributed by atoms with Gasteiger partial charge in [-0.05, 0) is 18.6 Å². The lowest BCUT2D eigenvalue weighted by Gasteiger charge is -2.07. The van der Waals surface area contributed by atoms with E-state index in [-0.39, 0.29) is 24.1 Å². The molecule has 10 heteroatoms. The lowest BCUT2D eigenvalue weighted by molar-refractivity contribution is -0.113. The summed E-state index contributed by atoms with van der Waals surface area (Å²) < 4.78 is 17.0. The zero-order chi connectivity index (χ0) is 17.6. The summed E-state index contributed by atoms with van der Waals surface area (Å²) in [6.45, 7) is 1.21. The number of nitrogens with one attached hydrogen (secondary N) is 2. The maximum absolute atomic E-state index is 12.1. The maximum atomic E-state index is 12.1. The average Bonchev–Trinajstić information content (AvgIpc) is 3.20. The highest BCUT2D eigenvalue weighted by atomic mass is 32.2. The van der Waals surface area contributed by atoms with Crippen LogP contribution in [0.4, 0.5) is 5.69 Å². The van der Waals surface area contributed by atoms with Crippen molar-refractivity contribution in [2.75, 3.05) is 31.6 Å². The second-order valence-corrected chi connectivity index (χ2v) is 6.16. The van der Waals surface area contributed by atoms with E-state index in [1.807, 2.05) is 0 Å². The fourth-order valence-electron chi connectivity index (χ4n) is 2.28. The van der Waals surface area contributed by atoms with Gasteiger partial charge in [0, 0.05) is 32.0 Å². The average molecular weight is 366 g/mol. The van der Waals surface area contributed by atoms with Crippen LogP contribution in [0.2, 0.25) is 0 Å². The first-order valence-electron chi connectivity index (χ1n) is 7.64. The monoisotopic (exact) mass is 366 g/mol. The predicted molar refractivity (Wildman–Crippen MR) is 91.3 cm³/mol. The molecular formula is C15H18N4O5S. The minimum absolute atomic E-state index is 0.128. The second kappa shape index (κ2) is 8.08. The summed E-state index contributed by atoms with van der Waals surface area (Å²) in [5.41, 5.74) is 0.323. The number of ether oxygens (including phenoxy) is 3. The fraction of sp³-hybridized carbons (Fsp3) is 0.400. The molecule has 2 aromatic rings. The topological polar surface area (TPSA) is 107 Å². The van der Waals surface area contributed by atoms with Crippen molar-refractivity contribution in [1.29, 1.82) is 0 Å². The molecule has 0 saturated carbocycles. The van der Waals surface area contributed by atoms with E-state index >= 15 is 0 Å². The van der Waals surface area contributed by atoms with Gasteiger partial charge in [0.2, 0.25) is 12.7 Å². The van der Waals surface area contributed by atoms with E-state index in [0.29, 0.717) is 41.9 Å². The molecule has 3 rings (SSSR count). The predicted octanol–water partition coefficient (Wildman–Crippen LogP) is 1.07. The van der Waals surface area contributed by atoms with Gasteiger partial charge in [0.05, 0.1) is 5.75 Å². The van der Waals surface area contributed by atoms with Gasteiger partial charge in [0.1, 0.15) is 0 Å². The Bertz CT molecular complexity index is 803. The molecule has 25 heavy (non-hydrogen) atoms.